The van der Waals surface area contributed by atoms with E-state index in [1.165, 1.54) is 6.42 Å². The number of carboxylic acid groups (broad SMARTS) is 1. The number of nitrogens with zero attached hydrogens (tertiary/aromatic N) is 1. The van der Waals surface area contributed by atoms with Gasteiger partial charge in [-0.3, -0.25) is 0 Å². The SMILES string of the molecule is COc1cc(CC(NC(=O)OCC2c3ccccc3-c3ccccc32)C(=O)O)c(Cl)cc1N1CCCCC1. The molecule has 3 aromatic carbocycles. The second-order valence-electron chi connectivity index (χ2n) is 9.73. The van der Waals surface area contributed by atoms with E-state index >= 15 is 0 Å². The van der Waals surface area contributed by atoms with Crippen LogP contribution < -0.4 is 15.0 Å². The minimum Gasteiger partial charge on any atom is -0.495 e. The Hall–Kier alpha value is -3.71. The lowest BCUT2D eigenvalue weighted by Gasteiger charge is -2.30. The molecule has 3 aromatic rings. The van der Waals surface area contributed by atoms with Crippen LogP contribution in [0, 0.1) is 0 Å². The number of rotatable bonds is 8. The van der Waals surface area contributed by atoms with Crippen LogP contribution >= 0.6 is 11.6 Å². The molecule has 1 aliphatic heterocycles. The predicted octanol–water partition coefficient (Wildman–Crippen LogP) is 5.87. The maximum absolute atomic E-state index is 12.7. The first-order valence-corrected chi connectivity index (χ1v) is 13.3. The van der Waals surface area contributed by atoms with Gasteiger partial charge in [-0.1, -0.05) is 60.1 Å². The van der Waals surface area contributed by atoms with Gasteiger partial charge in [-0.2, -0.15) is 0 Å². The molecule has 38 heavy (non-hydrogen) atoms. The Kier molecular flexibility index (Phi) is 7.74. The van der Waals surface area contributed by atoms with E-state index in [1.54, 1.807) is 13.2 Å². The van der Waals surface area contributed by atoms with Gasteiger partial charge in [0.15, 0.2) is 0 Å². The molecule has 1 aliphatic carbocycles. The molecule has 1 unspecified atom stereocenters. The van der Waals surface area contributed by atoms with E-state index in [-0.39, 0.29) is 18.9 Å². The number of anilines is 1. The van der Waals surface area contributed by atoms with Crippen molar-refractivity contribution in [3.8, 4) is 16.9 Å². The standard InChI is InChI=1S/C30H31ClN2O5/c1-37-28-16-19(25(31)17-27(28)33-13-7-2-8-14-33)15-26(29(34)35)32-30(36)38-18-24-22-11-5-3-9-20(22)21-10-4-6-12-23(21)24/h3-6,9-12,16-17,24,26H,2,7-8,13-15,18H2,1H3,(H,32,36)(H,34,35). The molecule has 0 saturated carbocycles. The summed E-state index contributed by atoms with van der Waals surface area (Å²) in [6.45, 7) is 1.95. The number of nitrogens with one attached hydrogen (secondary N) is 1. The minimum absolute atomic E-state index is 0.00496. The smallest absolute Gasteiger partial charge is 0.407 e. The van der Waals surface area contributed by atoms with Crippen LogP contribution in [0.1, 0.15) is 41.9 Å². The molecule has 1 atom stereocenters. The first kappa shape index (κ1) is 25.9. The van der Waals surface area contributed by atoms with Crippen molar-refractivity contribution in [2.24, 2.45) is 0 Å². The highest BCUT2D eigenvalue weighted by molar-refractivity contribution is 6.31. The third-order valence-electron chi connectivity index (χ3n) is 7.40. The number of halogens is 1. The fraction of sp³-hybridized carbons (Fsp3) is 0.333. The van der Waals surface area contributed by atoms with Crippen LogP contribution in [0.3, 0.4) is 0 Å². The predicted molar refractivity (Wildman–Crippen MR) is 147 cm³/mol. The molecule has 1 heterocycles. The number of hydrogen-bond acceptors (Lipinski definition) is 5. The van der Waals surface area contributed by atoms with Crippen molar-refractivity contribution in [2.75, 3.05) is 31.7 Å². The fourth-order valence-corrected chi connectivity index (χ4v) is 5.72. The van der Waals surface area contributed by atoms with Gasteiger partial charge in [0.25, 0.3) is 0 Å². The summed E-state index contributed by atoms with van der Waals surface area (Å²) in [5.74, 6) is -0.650. The lowest BCUT2D eigenvalue weighted by atomic mass is 9.98. The molecular weight excluding hydrogens is 504 g/mol. The third kappa shape index (κ3) is 5.29. The molecule has 8 heteroatoms. The Morgan fingerprint density at radius 1 is 1.03 bits per heavy atom. The molecule has 0 aromatic heterocycles. The Balaban J connectivity index is 1.27. The number of benzene rings is 3. The van der Waals surface area contributed by atoms with E-state index in [2.05, 4.69) is 22.3 Å². The highest BCUT2D eigenvalue weighted by atomic mass is 35.5. The number of fused-ring (bicyclic) bond motifs is 3. The van der Waals surface area contributed by atoms with Crippen molar-refractivity contribution in [3.63, 3.8) is 0 Å². The van der Waals surface area contributed by atoms with Crippen molar-refractivity contribution in [1.82, 2.24) is 5.32 Å². The Morgan fingerprint density at radius 2 is 1.66 bits per heavy atom. The summed E-state index contributed by atoms with van der Waals surface area (Å²) in [6, 6.07) is 18.5. The molecule has 1 amide bonds. The molecule has 1 saturated heterocycles. The highest BCUT2D eigenvalue weighted by Crippen LogP contribution is 2.44. The van der Waals surface area contributed by atoms with Crippen LogP contribution in [0.2, 0.25) is 5.02 Å². The maximum atomic E-state index is 12.7. The summed E-state index contributed by atoms with van der Waals surface area (Å²) in [6.07, 6.45) is 2.62. The number of amides is 1. The van der Waals surface area contributed by atoms with E-state index in [0.29, 0.717) is 16.3 Å². The van der Waals surface area contributed by atoms with Crippen LogP contribution in [0.25, 0.3) is 11.1 Å². The van der Waals surface area contributed by atoms with Gasteiger partial charge < -0.3 is 24.8 Å². The van der Waals surface area contributed by atoms with E-state index in [0.717, 1.165) is 53.9 Å². The zero-order valence-electron chi connectivity index (χ0n) is 21.3. The number of alkyl carbamates (subject to hydrolysis) is 1. The normalized spacial score (nSPS) is 15.4. The zero-order chi connectivity index (χ0) is 26.6. The van der Waals surface area contributed by atoms with Gasteiger partial charge >= 0.3 is 12.1 Å². The molecule has 0 spiro atoms. The van der Waals surface area contributed by atoms with Crippen molar-refractivity contribution in [3.05, 3.63) is 82.4 Å². The van der Waals surface area contributed by atoms with E-state index in [1.807, 2.05) is 42.5 Å². The first-order chi connectivity index (χ1) is 18.5. The quantitative estimate of drug-likeness (QED) is 0.375. The van der Waals surface area contributed by atoms with Gasteiger partial charge in [-0.25, -0.2) is 9.59 Å². The number of piperidine rings is 1. The number of hydrogen-bond donors (Lipinski definition) is 2. The molecule has 1 fully saturated rings. The molecule has 198 valence electrons. The molecule has 2 N–H and O–H groups in total. The van der Waals surface area contributed by atoms with Gasteiger partial charge in [0.2, 0.25) is 0 Å². The van der Waals surface area contributed by atoms with Gasteiger partial charge in [0.1, 0.15) is 18.4 Å². The Labute approximate surface area is 227 Å². The second kappa shape index (κ2) is 11.4. The lowest BCUT2D eigenvalue weighted by Crippen LogP contribution is -2.43. The van der Waals surface area contributed by atoms with Crippen molar-refractivity contribution in [2.45, 2.75) is 37.6 Å². The molecule has 7 nitrogen and oxygen atoms in total. The summed E-state index contributed by atoms with van der Waals surface area (Å²) in [5.41, 5.74) is 5.90. The highest BCUT2D eigenvalue weighted by Gasteiger charge is 2.30. The average molecular weight is 535 g/mol. The average Bonchev–Trinajstić information content (AvgIpc) is 3.26. The number of methoxy groups -OCH3 is 1. The second-order valence-corrected chi connectivity index (χ2v) is 10.1. The van der Waals surface area contributed by atoms with Crippen LogP contribution in [0.15, 0.2) is 60.7 Å². The summed E-state index contributed by atoms with van der Waals surface area (Å²) in [4.78, 5) is 27.0. The number of carboxylic acids is 1. The number of ether oxygens (including phenoxy) is 2. The Morgan fingerprint density at radius 3 is 2.26 bits per heavy atom. The molecule has 5 rings (SSSR count). The molecule has 2 aliphatic rings. The maximum Gasteiger partial charge on any atom is 0.407 e. The monoisotopic (exact) mass is 534 g/mol. The van der Waals surface area contributed by atoms with Crippen LogP contribution in [-0.2, 0) is 16.0 Å². The largest absolute Gasteiger partial charge is 0.495 e. The molecule has 0 radical (unpaired) electrons. The van der Waals surface area contributed by atoms with Crippen LogP contribution in [0.5, 0.6) is 5.75 Å². The van der Waals surface area contributed by atoms with Crippen LogP contribution in [-0.4, -0.2) is 50.0 Å². The lowest BCUT2D eigenvalue weighted by molar-refractivity contribution is -0.139. The van der Waals surface area contributed by atoms with E-state index < -0.39 is 18.1 Å². The summed E-state index contributed by atoms with van der Waals surface area (Å²) >= 11 is 6.59. The summed E-state index contributed by atoms with van der Waals surface area (Å²) < 4.78 is 11.2. The first-order valence-electron chi connectivity index (χ1n) is 12.9. The fourth-order valence-electron chi connectivity index (χ4n) is 5.49. The van der Waals surface area contributed by atoms with Gasteiger partial charge in [0, 0.05) is 30.5 Å². The number of aliphatic carboxylic acids is 1. The zero-order valence-corrected chi connectivity index (χ0v) is 22.0. The van der Waals surface area contributed by atoms with E-state index in [9.17, 15) is 14.7 Å². The van der Waals surface area contributed by atoms with E-state index in [4.69, 9.17) is 21.1 Å². The van der Waals surface area contributed by atoms with Crippen LogP contribution in [0.4, 0.5) is 10.5 Å². The summed E-state index contributed by atoms with van der Waals surface area (Å²) in [5, 5.41) is 12.8. The van der Waals surface area contributed by atoms with Crippen molar-refractivity contribution >= 4 is 29.4 Å². The number of carbonyl (C=O) groups is 2. The van der Waals surface area contributed by atoms with Crippen molar-refractivity contribution < 1.29 is 24.2 Å². The summed E-state index contributed by atoms with van der Waals surface area (Å²) in [7, 11) is 1.59. The molecular formula is C30H31ClN2O5. The van der Waals surface area contributed by atoms with Gasteiger partial charge in [0.05, 0.1) is 12.8 Å². The Bertz CT molecular complexity index is 1290. The minimum atomic E-state index is -1.21. The third-order valence-corrected chi connectivity index (χ3v) is 7.75. The van der Waals surface area contributed by atoms with Gasteiger partial charge in [-0.05, 0) is 59.2 Å². The number of carbonyl (C=O) groups excluding carboxylic acids is 1. The molecule has 0 bridgehead atoms. The topological polar surface area (TPSA) is 88.1 Å². The van der Waals surface area contributed by atoms with Gasteiger partial charge in [-0.15, -0.1) is 0 Å². The van der Waals surface area contributed by atoms with Crippen molar-refractivity contribution in [1.29, 1.82) is 0 Å².